The smallest absolute Gasteiger partial charge is 0.290 e. The van der Waals surface area contributed by atoms with Gasteiger partial charge in [-0.2, -0.15) is 0 Å². The highest BCUT2D eigenvalue weighted by Crippen LogP contribution is 2.35. The summed E-state index contributed by atoms with van der Waals surface area (Å²) in [4.78, 5) is 28.4. The molecule has 29 heavy (non-hydrogen) atoms. The average Bonchev–Trinajstić information content (AvgIpc) is 3.31. The van der Waals surface area contributed by atoms with Gasteiger partial charge in [0.25, 0.3) is 12.9 Å². The van der Waals surface area contributed by atoms with E-state index in [0.717, 1.165) is 13.1 Å². The minimum absolute atomic E-state index is 0.250. The highest BCUT2D eigenvalue weighted by atomic mass is 79.9. The fourth-order valence-corrected chi connectivity index (χ4v) is 5.30. The Morgan fingerprint density at radius 1 is 0.966 bits per heavy atom. The number of halogens is 1. The largest absolute Gasteiger partial charge is 0.483 e. The Kier molecular flexibility index (Phi) is 13.0. The minimum Gasteiger partial charge on any atom is -0.483 e. The van der Waals surface area contributed by atoms with Gasteiger partial charge in [0, 0.05) is 60.4 Å². The molecule has 0 unspecified atom stereocenters. The summed E-state index contributed by atoms with van der Waals surface area (Å²) in [5, 5.41) is 13.8. The maximum atomic E-state index is 8.36. The van der Waals surface area contributed by atoms with Gasteiger partial charge in [-0.1, -0.05) is 0 Å². The lowest BCUT2D eigenvalue weighted by atomic mass is 10.3. The summed E-state index contributed by atoms with van der Waals surface area (Å²) in [6, 6.07) is 8.90. The summed E-state index contributed by atoms with van der Waals surface area (Å²) in [6.45, 7) is 7.71. The number of rotatable bonds is 6. The van der Waals surface area contributed by atoms with Gasteiger partial charge >= 0.3 is 0 Å². The molecule has 1 saturated heterocycles. The van der Waals surface area contributed by atoms with E-state index in [1.807, 2.05) is 22.7 Å². The van der Waals surface area contributed by atoms with Crippen LogP contribution in [0.2, 0.25) is 0 Å². The van der Waals surface area contributed by atoms with Gasteiger partial charge in [0.15, 0.2) is 0 Å². The van der Waals surface area contributed by atoms with Crippen molar-refractivity contribution in [2.24, 2.45) is 0 Å². The Morgan fingerprint density at radius 2 is 1.48 bits per heavy atom. The first kappa shape index (κ1) is 25.7. The fraction of sp³-hybridized carbons (Fsp3) is 0.474. The van der Waals surface area contributed by atoms with Crippen LogP contribution in [0.3, 0.4) is 0 Å². The lowest BCUT2D eigenvalue weighted by Gasteiger charge is -2.34. The summed E-state index contributed by atoms with van der Waals surface area (Å²) in [6.07, 6.45) is 0. The molecule has 2 aromatic heterocycles. The average molecular weight is 506 g/mol. The number of carbonyl (C=O) groups is 2. The molecule has 1 aliphatic rings. The molecule has 3 rings (SSSR count). The van der Waals surface area contributed by atoms with Crippen LogP contribution in [0.25, 0.3) is 9.75 Å². The number of piperazine rings is 1. The van der Waals surface area contributed by atoms with Gasteiger partial charge in [-0.3, -0.25) is 19.4 Å². The molecule has 0 bridgehead atoms. The highest BCUT2D eigenvalue weighted by molar-refractivity contribution is 9.11. The first-order chi connectivity index (χ1) is 13.9. The van der Waals surface area contributed by atoms with Crippen LogP contribution in [0.5, 0.6) is 0 Å². The molecule has 7 nitrogen and oxygen atoms in total. The Hall–Kier alpha value is -1.30. The van der Waals surface area contributed by atoms with Crippen LogP contribution in [-0.2, 0) is 16.1 Å². The second-order valence-electron chi connectivity index (χ2n) is 6.50. The quantitative estimate of drug-likeness (QED) is 0.582. The van der Waals surface area contributed by atoms with Crippen LogP contribution in [-0.4, -0.2) is 91.2 Å². The van der Waals surface area contributed by atoms with E-state index >= 15 is 0 Å². The molecule has 0 aromatic carbocycles. The van der Waals surface area contributed by atoms with Gasteiger partial charge in [-0.05, 0) is 54.3 Å². The maximum absolute atomic E-state index is 8.36. The highest BCUT2D eigenvalue weighted by Gasteiger charge is 2.17. The van der Waals surface area contributed by atoms with E-state index < -0.39 is 0 Å². The summed E-state index contributed by atoms with van der Waals surface area (Å²) in [5.41, 5.74) is 0. The summed E-state index contributed by atoms with van der Waals surface area (Å²) < 4.78 is 1.20. The van der Waals surface area contributed by atoms with Gasteiger partial charge in [0.05, 0.1) is 3.79 Å². The van der Waals surface area contributed by atoms with Crippen LogP contribution in [0.15, 0.2) is 28.1 Å². The van der Waals surface area contributed by atoms with Crippen molar-refractivity contribution in [3.63, 3.8) is 0 Å². The van der Waals surface area contributed by atoms with Crippen molar-refractivity contribution >= 4 is 51.5 Å². The zero-order valence-electron chi connectivity index (χ0n) is 16.7. The summed E-state index contributed by atoms with van der Waals surface area (Å²) in [7, 11) is 4.30. The number of hydrogen-bond acceptors (Lipinski definition) is 7. The van der Waals surface area contributed by atoms with E-state index in [4.69, 9.17) is 19.8 Å². The van der Waals surface area contributed by atoms with Crippen molar-refractivity contribution in [2.45, 2.75) is 6.54 Å². The number of thiophene rings is 2. The molecule has 0 amide bonds. The number of nitrogens with zero attached hydrogens (tertiary/aromatic N) is 3. The molecule has 0 atom stereocenters. The van der Waals surface area contributed by atoms with E-state index in [1.165, 1.54) is 51.1 Å². The van der Waals surface area contributed by atoms with Gasteiger partial charge in [-0.15, -0.1) is 22.7 Å². The van der Waals surface area contributed by atoms with Crippen molar-refractivity contribution in [1.82, 2.24) is 14.7 Å². The SMILES string of the molecule is CN(C)CCN1CCN(Cc2ccc(-c3ccc(Br)s3)s2)CC1.O=CO.O=CO. The van der Waals surface area contributed by atoms with E-state index in [0.29, 0.717) is 0 Å². The molecule has 162 valence electrons. The molecule has 1 aliphatic heterocycles. The molecule has 0 radical (unpaired) electrons. The molecule has 2 N–H and O–H groups in total. The van der Waals surface area contributed by atoms with Gasteiger partial charge < -0.3 is 15.1 Å². The third-order valence-corrected chi connectivity index (χ3v) is 7.07. The van der Waals surface area contributed by atoms with Crippen LogP contribution >= 0.6 is 38.6 Å². The molecule has 0 aliphatic carbocycles. The van der Waals surface area contributed by atoms with Crippen molar-refractivity contribution in [1.29, 1.82) is 0 Å². The molecule has 2 aromatic rings. The van der Waals surface area contributed by atoms with E-state index in [9.17, 15) is 0 Å². The molecule has 3 heterocycles. The standard InChI is InChI=1S/C17H24BrN3S2.2CH2O2/c1-19(2)7-8-20-9-11-21(12-10-20)13-14-3-4-15(22-14)16-5-6-17(18)23-16;2*2-1-3/h3-6H,7-13H2,1-2H3;2*1H,(H,2,3). The molecular formula is C19H28BrN3O4S2. The van der Waals surface area contributed by atoms with E-state index in [1.54, 1.807) is 0 Å². The van der Waals surface area contributed by atoms with Crippen molar-refractivity contribution in [3.05, 3.63) is 32.9 Å². The predicted octanol–water partition coefficient (Wildman–Crippen LogP) is 3.32. The predicted molar refractivity (Wildman–Crippen MR) is 123 cm³/mol. The Labute approximate surface area is 188 Å². The van der Waals surface area contributed by atoms with E-state index in [-0.39, 0.29) is 12.9 Å². The summed E-state index contributed by atoms with van der Waals surface area (Å²) in [5.74, 6) is 0. The van der Waals surface area contributed by atoms with E-state index in [2.05, 4.69) is 69.0 Å². The minimum atomic E-state index is -0.250. The first-order valence-corrected chi connectivity index (χ1v) is 11.5. The van der Waals surface area contributed by atoms with Crippen molar-refractivity contribution in [3.8, 4) is 9.75 Å². The monoisotopic (exact) mass is 505 g/mol. The number of likely N-dealkylation sites (N-methyl/N-ethyl adjacent to an activating group) is 1. The molecule has 0 spiro atoms. The van der Waals surface area contributed by atoms with Gasteiger partial charge in [0.1, 0.15) is 0 Å². The van der Waals surface area contributed by atoms with Crippen LogP contribution in [0, 0.1) is 0 Å². The zero-order valence-corrected chi connectivity index (χ0v) is 19.9. The number of carboxylic acid groups (broad SMARTS) is 2. The fourth-order valence-electron chi connectivity index (χ4n) is 2.77. The van der Waals surface area contributed by atoms with Crippen LogP contribution < -0.4 is 0 Å². The molecule has 0 saturated carbocycles. The van der Waals surface area contributed by atoms with Crippen LogP contribution in [0.1, 0.15) is 4.88 Å². The second kappa shape index (κ2) is 14.6. The van der Waals surface area contributed by atoms with Crippen LogP contribution in [0.4, 0.5) is 0 Å². The molecular weight excluding hydrogens is 478 g/mol. The Morgan fingerprint density at radius 3 is 2.00 bits per heavy atom. The van der Waals surface area contributed by atoms with Crippen molar-refractivity contribution in [2.75, 3.05) is 53.4 Å². The maximum Gasteiger partial charge on any atom is 0.290 e. The third kappa shape index (κ3) is 10.3. The normalized spacial score (nSPS) is 14.5. The number of hydrogen-bond donors (Lipinski definition) is 2. The second-order valence-corrected chi connectivity index (χ2v) is 10.1. The lowest BCUT2D eigenvalue weighted by molar-refractivity contribution is -0.123. The zero-order chi connectivity index (χ0) is 21.6. The Bertz CT molecular complexity index is 710. The molecule has 10 heteroatoms. The summed E-state index contributed by atoms with van der Waals surface area (Å²) >= 11 is 7.30. The first-order valence-electron chi connectivity index (χ1n) is 9.03. The molecule has 1 fully saturated rings. The Balaban J connectivity index is 0.000000626. The topological polar surface area (TPSA) is 84.3 Å². The third-order valence-electron chi connectivity index (χ3n) is 4.19. The van der Waals surface area contributed by atoms with Gasteiger partial charge in [-0.25, -0.2) is 0 Å². The van der Waals surface area contributed by atoms with Crippen molar-refractivity contribution < 1.29 is 19.8 Å². The van der Waals surface area contributed by atoms with Gasteiger partial charge in [0.2, 0.25) is 0 Å². The lowest BCUT2D eigenvalue weighted by Crippen LogP contribution is -2.47.